The molecule has 0 saturated heterocycles. The highest BCUT2D eigenvalue weighted by molar-refractivity contribution is 6.30. The summed E-state index contributed by atoms with van der Waals surface area (Å²) < 4.78 is 5.55. The Labute approximate surface area is 168 Å². The van der Waals surface area contributed by atoms with Gasteiger partial charge in [0.25, 0.3) is 5.91 Å². The molecular weight excluding hydrogens is 376 g/mol. The fourth-order valence-electron chi connectivity index (χ4n) is 2.58. The van der Waals surface area contributed by atoms with Gasteiger partial charge in [-0.15, -0.1) is 0 Å². The van der Waals surface area contributed by atoms with Crippen LogP contribution in [0.4, 0.5) is 0 Å². The van der Waals surface area contributed by atoms with E-state index < -0.39 is 0 Å². The third kappa shape index (κ3) is 5.18. The normalized spacial score (nSPS) is 10.4. The number of hydrogen-bond donors (Lipinski definition) is 0. The van der Waals surface area contributed by atoms with Gasteiger partial charge in [0, 0.05) is 42.1 Å². The van der Waals surface area contributed by atoms with Crippen molar-refractivity contribution in [1.82, 2.24) is 9.88 Å². The van der Waals surface area contributed by atoms with E-state index in [2.05, 4.69) is 4.98 Å². The number of ether oxygens (including phenoxy) is 1. The number of carbonyl (C=O) groups is 2. The average Bonchev–Trinajstić information content (AvgIpc) is 2.73. The highest BCUT2D eigenvalue weighted by Crippen LogP contribution is 2.17. The number of pyridine rings is 1. The van der Waals surface area contributed by atoms with Crippen molar-refractivity contribution in [3.05, 3.63) is 94.8 Å². The van der Waals surface area contributed by atoms with Gasteiger partial charge in [0.05, 0.1) is 0 Å². The molecule has 1 amide bonds. The minimum atomic E-state index is -0.148. The van der Waals surface area contributed by atoms with Crippen molar-refractivity contribution >= 4 is 23.3 Å². The summed E-state index contributed by atoms with van der Waals surface area (Å²) in [6, 6.07) is 17.2. The lowest BCUT2D eigenvalue weighted by Gasteiger charge is -2.17. The fraction of sp³-hybridized carbons (Fsp3) is 0.136. The first-order chi connectivity index (χ1) is 13.5. The van der Waals surface area contributed by atoms with E-state index in [9.17, 15) is 9.59 Å². The molecule has 0 atom stereocenters. The molecule has 1 aromatic heterocycles. The smallest absolute Gasteiger partial charge is 0.260 e. The Hall–Kier alpha value is -3.18. The molecule has 0 aliphatic heterocycles. The first-order valence-corrected chi connectivity index (χ1v) is 9.07. The summed E-state index contributed by atoms with van der Waals surface area (Å²) in [6.07, 6.45) is 3.41. The number of likely N-dealkylation sites (N-methyl/N-ethyl adjacent to an activating group) is 1. The third-order valence-electron chi connectivity index (χ3n) is 4.15. The largest absolute Gasteiger partial charge is 0.484 e. The number of ketones is 1. The highest BCUT2D eigenvalue weighted by Gasteiger charge is 2.12. The molecule has 142 valence electrons. The molecule has 28 heavy (non-hydrogen) atoms. The number of benzene rings is 2. The number of hydrogen-bond acceptors (Lipinski definition) is 4. The molecule has 0 aliphatic carbocycles. The van der Waals surface area contributed by atoms with E-state index >= 15 is 0 Å². The van der Waals surface area contributed by atoms with Gasteiger partial charge < -0.3 is 9.64 Å². The number of carbonyl (C=O) groups excluding carboxylic acids is 2. The van der Waals surface area contributed by atoms with E-state index in [0.29, 0.717) is 28.4 Å². The Morgan fingerprint density at radius 1 is 1.00 bits per heavy atom. The summed E-state index contributed by atoms with van der Waals surface area (Å²) in [5, 5.41) is 0.582. The number of aromatic nitrogens is 1. The van der Waals surface area contributed by atoms with Crippen molar-refractivity contribution < 1.29 is 14.3 Å². The third-order valence-corrected chi connectivity index (χ3v) is 4.41. The van der Waals surface area contributed by atoms with Crippen molar-refractivity contribution in [3.8, 4) is 5.75 Å². The van der Waals surface area contributed by atoms with E-state index in [1.807, 2.05) is 12.1 Å². The summed E-state index contributed by atoms with van der Waals surface area (Å²) >= 11 is 5.85. The standard InChI is InChI=1S/C22H19ClN2O3/c1-25(14-16-3-2-12-24-13-16)21(26)15-28-20-10-6-18(7-11-20)22(27)17-4-8-19(23)9-5-17/h2-13H,14-15H2,1H3. The summed E-state index contributed by atoms with van der Waals surface area (Å²) in [4.78, 5) is 30.3. The Morgan fingerprint density at radius 3 is 2.25 bits per heavy atom. The second kappa shape index (κ2) is 9.15. The van der Waals surface area contributed by atoms with Crippen molar-refractivity contribution in [2.45, 2.75) is 6.54 Å². The molecule has 2 aromatic carbocycles. The van der Waals surface area contributed by atoms with E-state index in [1.54, 1.807) is 72.9 Å². The van der Waals surface area contributed by atoms with Gasteiger partial charge in [-0.3, -0.25) is 14.6 Å². The van der Waals surface area contributed by atoms with Gasteiger partial charge >= 0.3 is 0 Å². The Morgan fingerprint density at radius 2 is 1.64 bits per heavy atom. The molecule has 0 bridgehead atoms. The van der Waals surface area contributed by atoms with Crippen molar-refractivity contribution in [2.24, 2.45) is 0 Å². The summed E-state index contributed by atoms with van der Waals surface area (Å²) in [5.41, 5.74) is 2.04. The van der Waals surface area contributed by atoms with Gasteiger partial charge in [0.2, 0.25) is 0 Å². The molecule has 5 nitrogen and oxygen atoms in total. The number of amides is 1. The SMILES string of the molecule is CN(Cc1cccnc1)C(=O)COc1ccc(C(=O)c2ccc(Cl)cc2)cc1. The molecule has 6 heteroatoms. The van der Waals surface area contributed by atoms with Gasteiger partial charge in [-0.25, -0.2) is 0 Å². The zero-order chi connectivity index (χ0) is 19.9. The highest BCUT2D eigenvalue weighted by atomic mass is 35.5. The predicted molar refractivity (Wildman–Crippen MR) is 108 cm³/mol. The molecule has 0 aliphatic rings. The minimum absolute atomic E-state index is 0.0821. The number of nitrogens with zero attached hydrogens (tertiary/aromatic N) is 2. The van der Waals surface area contributed by atoms with Gasteiger partial charge in [-0.1, -0.05) is 17.7 Å². The van der Waals surface area contributed by atoms with Gasteiger partial charge in [0.1, 0.15) is 5.75 Å². The van der Waals surface area contributed by atoms with Crippen molar-refractivity contribution in [3.63, 3.8) is 0 Å². The summed E-state index contributed by atoms with van der Waals surface area (Å²) in [6.45, 7) is 0.381. The maximum Gasteiger partial charge on any atom is 0.260 e. The van der Waals surface area contributed by atoms with Crippen molar-refractivity contribution in [2.75, 3.05) is 13.7 Å². The minimum Gasteiger partial charge on any atom is -0.484 e. The molecule has 0 spiro atoms. The zero-order valence-electron chi connectivity index (χ0n) is 15.3. The maximum absolute atomic E-state index is 12.4. The molecule has 0 radical (unpaired) electrons. The van der Waals surface area contributed by atoms with Crippen LogP contribution in [0, 0.1) is 0 Å². The first-order valence-electron chi connectivity index (χ1n) is 8.69. The van der Waals surface area contributed by atoms with Crippen LogP contribution in [0.1, 0.15) is 21.5 Å². The molecule has 0 fully saturated rings. The van der Waals surface area contributed by atoms with E-state index in [4.69, 9.17) is 16.3 Å². The van der Waals surface area contributed by atoms with Gasteiger partial charge in [0.15, 0.2) is 12.4 Å². The van der Waals surface area contributed by atoms with Crippen molar-refractivity contribution in [1.29, 1.82) is 0 Å². The molecular formula is C22H19ClN2O3. The Balaban J connectivity index is 1.54. The van der Waals surface area contributed by atoms with Crippen LogP contribution in [0.15, 0.2) is 73.1 Å². The average molecular weight is 395 g/mol. The van der Waals surface area contributed by atoms with Crippen LogP contribution in [0.5, 0.6) is 5.75 Å². The summed E-state index contributed by atoms with van der Waals surface area (Å²) in [7, 11) is 1.71. The van der Waals surface area contributed by atoms with Crippen LogP contribution in [0.3, 0.4) is 0 Å². The number of halogens is 1. The van der Waals surface area contributed by atoms with E-state index in [0.717, 1.165) is 5.56 Å². The molecule has 1 heterocycles. The maximum atomic E-state index is 12.4. The second-order valence-corrected chi connectivity index (χ2v) is 6.70. The summed E-state index contributed by atoms with van der Waals surface area (Å²) in [5.74, 6) is 0.274. The van der Waals surface area contributed by atoms with Crippen LogP contribution >= 0.6 is 11.6 Å². The molecule has 0 unspecified atom stereocenters. The monoisotopic (exact) mass is 394 g/mol. The quantitative estimate of drug-likeness (QED) is 0.568. The zero-order valence-corrected chi connectivity index (χ0v) is 16.1. The molecule has 0 saturated carbocycles. The lowest BCUT2D eigenvalue weighted by molar-refractivity contribution is -0.132. The number of rotatable bonds is 7. The van der Waals surface area contributed by atoms with Crippen LogP contribution in [-0.2, 0) is 11.3 Å². The van der Waals surface area contributed by atoms with Crippen LogP contribution in [0.2, 0.25) is 5.02 Å². The van der Waals surface area contributed by atoms with Crippen LogP contribution < -0.4 is 4.74 Å². The van der Waals surface area contributed by atoms with Gasteiger partial charge in [-0.05, 0) is 60.2 Å². The topological polar surface area (TPSA) is 59.5 Å². The first kappa shape index (κ1) is 19.6. The predicted octanol–water partition coefficient (Wildman–Crippen LogP) is 4.00. The van der Waals surface area contributed by atoms with E-state index in [1.165, 1.54) is 0 Å². The fourth-order valence-corrected chi connectivity index (χ4v) is 2.71. The Bertz CT molecular complexity index is 942. The molecule has 3 rings (SSSR count). The van der Waals surface area contributed by atoms with Crippen LogP contribution in [-0.4, -0.2) is 35.2 Å². The van der Waals surface area contributed by atoms with E-state index in [-0.39, 0.29) is 18.3 Å². The molecule has 0 N–H and O–H groups in total. The second-order valence-electron chi connectivity index (χ2n) is 6.26. The van der Waals surface area contributed by atoms with Gasteiger partial charge in [-0.2, -0.15) is 0 Å². The Kier molecular flexibility index (Phi) is 6.40. The lowest BCUT2D eigenvalue weighted by atomic mass is 10.0. The van der Waals surface area contributed by atoms with Crippen LogP contribution in [0.25, 0.3) is 0 Å². The molecule has 3 aromatic rings. The lowest BCUT2D eigenvalue weighted by Crippen LogP contribution is -2.30.